The molecule has 0 aliphatic carbocycles. The highest BCUT2D eigenvalue weighted by Gasteiger charge is 2.37. The molecule has 2 fully saturated rings. The predicted octanol–water partition coefficient (Wildman–Crippen LogP) is 0.124. The van der Waals surface area contributed by atoms with Gasteiger partial charge in [0.15, 0.2) is 0 Å². The van der Waals surface area contributed by atoms with Crippen molar-refractivity contribution in [2.45, 2.75) is 38.1 Å². The van der Waals surface area contributed by atoms with Crippen molar-refractivity contribution in [2.24, 2.45) is 5.92 Å². The third-order valence-corrected chi connectivity index (χ3v) is 5.65. The fraction of sp³-hybridized carbons (Fsp3) is 0.846. The normalized spacial score (nSPS) is 25.8. The van der Waals surface area contributed by atoms with Crippen LogP contribution < -0.4 is 0 Å². The van der Waals surface area contributed by atoms with E-state index in [-0.39, 0.29) is 11.8 Å². The molecule has 2 aliphatic heterocycles. The summed E-state index contributed by atoms with van der Waals surface area (Å²) in [7, 11) is -3.21. The first-order valence-corrected chi connectivity index (χ1v) is 9.14. The molecular formula is C13H22N2O5S. The van der Waals surface area contributed by atoms with E-state index in [1.54, 1.807) is 0 Å². The molecule has 8 heteroatoms. The van der Waals surface area contributed by atoms with Crippen molar-refractivity contribution in [3.63, 3.8) is 0 Å². The monoisotopic (exact) mass is 318 g/mol. The second-order valence-corrected chi connectivity index (χ2v) is 7.80. The number of carbonyl (C=O) groups is 2. The molecule has 7 nitrogen and oxygen atoms in total. The number of piperidine rings is 2. The van der Waals surface area contributed by atoms with Gasteiger partial charge in [0.25, 0.3) is 0 Å². The van der Waals surface area contributed by atoms with Gasteiger partial charge in [0.2, 0.25) is 15.9 Å². The van der Waals surface area contributed by atoms with Gasteiger partial charge in [-0.1, -0.05) is 0 Å². The van der Waals surface area contributed by atoms with Gasteiger partial charge in [0.05, 0.1) is 6.26 Å². The van der Waals surface area contributed by atoms with Crippen LogP contribution in [0.3, 0.4) is 0 Å². The zero-order valence-electron chi connectivity index (χ0n) is 12.2. The Labute approximate surface area is 125 Å². The van der Waals surface area contributed by atoms with Crippen LogP contribution in [0.2, 0.25) is 0 Å². The van der Waals surface area contributed by atoms with E-state index in [2.05, 4.69) is 0 Å². The first-order chi connectivity index (χ1) is 9.80. The SMILES string of the molecule is CS(=O)(=O)N1CCC(C(=O)N2CCCC[C@@H]2C(=O)O)CC1. The summed E-state index contributed by atoms with van der Waals surface area (Å²) in [5.74, 6) is -1.34. The van der Waals surface area contributed by atoms with Crippen molar-refractivity contribution in [3.05, 3.63) is 0 Å². The summed E-state index contributed by atoms with van der Waals surface area (Å²) in [6.07, 6.45) is 4.26. The smallest absolute Gasteiger partial charge is 0.326 e. The van der Waals surface area contributed by atoms with Crippen LogP contribution in [0, 0.1) is 5.92 Å². The molecule has 0 saturated carbocycles. The van der Waals surface area contributed by atoms with Gasteiger partial charge < -0.3 is 10.0 Å². The number of amides is 1. The van der Waals surface area contributed by atoms with Crippen LogP contribution in [0.5, 0.6) is 0 Å². The lowest BCUT2D eigenvalue weighted by molar-refractivity contribution is -0.154. The average Bonchev–Trinajstić information content (AvgIpc) is 2.45. The summed E-state index contributed by atoms with van der Waals surface area (Å²) in [5.41, 5.74) is 0. The van der Waals surface area contributed by atoms with Crippen LogP contribution in [-0.2, 0) is 19.6 Å². The number of carboxylic acids is 1. The van der Waals surface area contributed by atoms with E-state index in [1.165, 1.54) is 15.5 Å². The molecular weight excluding hydrogens is 296 g/mol. The summed E-state index contributed by atoms with van der Waals surface area (Å²) in [5, 5.41) is 9.22. The Morgan fingerprint density at radius 1 is 1.05 bits per heavy atom. The van der Waals surface area contributed by atoms with Gasteiger partial charge in [-0.25, -0.2) is 17.5 Å². The van der Waals surface area contributed by atoms with Crippen molar-refractivity contribution in [3.8, 4) is 0 Å². The van der Waals surface area contributed by atoms with Crippen LogP contribution in [-0.4, -0.2) is 66.5 Å². The molecule has 0 radical (unpaired) electrons. The van der Waals surface area contributed by atoms with E-state index in [0.717, 1.165) is 12.8 Å². The highest BCUT2D eigenvalue weighted by atomic mass is 32.2. The van der Waals surface area contributed by atoms with Crippen LogP contribution in [0.1, 0.15) is 32.1 Å². The summed E-state index contributed by atoms with van der Waals surface area (Å²) < 4.78 is 24.3. The number of nitrogens with zero attached hydrogens (tertiary/aromatic N) is 2. The lowest BCUT2D eigenvalue weighted by Gasteiger charge is -2.37. The van der Waals surface area contributed by atoms with Gasteiger partial charge in [-0.2, -0.15) is 0 Å². The largest absolute Gasteiger partial charge is 0.480 e. The fourth-order valence-electron chi connectivity index (χ4n) is 3.12. The maximum atomic E-state index is 12.5. The van der Waals surface area contributed by atoms with E-state index >= 15 is 0 Å². The molecule has 0 aromatic heterocycles. The lowest BCUT2D eigenvalue weighted by Crippen LogP contribution is -2.52. The third-order valence-electron chi connectivity index (χ3n) is 4.34. The first kappa shape index (κ1) is 16.2. The van der Waals surface area contributed by atoms with E-state index in [1.807, 2.05) is 0 Å². The maximum Gasteiger partial charge on any atom is 0.326 e. The number of likely N-dealkylation sites (tertiary alicyclic amines) is 1. The van der Waals surface area contributed by atoms with E-state index in [9.17, 15) is 23.1 Å². The second-order valence-electron chi connectivity index (χ2n) is 5.82. The quantitative estimate of drug-likeness (QED) is 0.798. The number of sulfonamides is 1. The Balaban J connectivity index is 1.99. The number of carboxylic acid groups (broad SMARTS) is 1. The molecule has 21 heavy (non-hydrogen) atoms. The van der Waals surface area contributed by atoms with Crippen LogP contribution in [0.25, 0.3) is 0 Å². The van der Waals surface area contributed by atoms with Gasteiger partial charge in [-0.05, 0) is 32.1 Å². The Kier molecular flexibility index (Phi) is 4.88. The van der Waals surface area contributed by atoms with E-state index in [4.69, 9.17) is 0 Å². The molecule has 2 aliphatic rings. The highest BCUT2D eigenvalue weighted by Crippen LogP contribution is 2.25. The van der Waals surface area contributed by atoms with Gasteiger partial charge in [-0.15, -0.1) is 0 Å². The Bertz CT molecular complexity index is 511. The van der Waals surface area contributed by atoms with Crippen LogP contribution >= 0.6 is 0 Å². The van der Waals surface area contributed by atoms with Crippen molar-refractivity contribution in [1.82, 2.24) is 9.21 Å². The topological polar surface area (TPSA) is 95.0 Å². The first-order valence-electron chi connectivity index (χ1n) is 7.29. The van der Waals surface area contributed by atoms with Gasteiger partial charge in [-0.3, -0.25) is 4.79 Å². The molecule has 2 heterocycles. The molecule has 0 bridgehead atoms. The number of aliphatic carboxylic acids is 1. The molecule has 0 spiro atoms. The number of hydrogen-bond donors (Lipinski definition) is 1. The van der Waals surface area contributed by atoms with Crippen LogP contribution in [0.15, 0.2) is 0 Å². The Morgan fingerprint density at radius 3 is 2.19 bits per heavy atom. The summed E-state index contributed by atoms with van der Waals surface area (Å²) >= 11 is 0. The van der Waals surface area contributed by atoms with Gasteiger partial charge in [0, 0.05) is 25.6 Å². The zero-order chi connectivity index (χ0) is 15.6. The molecule has 0 aromatic rings. The second kappa shape index (κ2) is 6.31. The molecule has 2 rings (SSSR count). The standard InChI is InChI=1S/C13H22N2O5S/c1-21(19,20)14-8-5-10(6-9-14)12(16)15-7-3-2-4-11(15)13(17)18/h10-11H,2-9H2,1H3,(H,17,18)/t11-/m1/s1. The molecule has 2 saturated heterocycles. The summed E-state index contributed by atoms with van der Waals surface area (Å²) in [6.45, 7) is 1.16. The van der Waals surface area contributed by atoms with Gasteiger partial charge in [0.1, 0.15) is 6.04 Å². The molecule has 1 amide bonds. The minimum absolute atomic E-state index is 0.129. The summed E-state index contributed by atoms with van der Waals surface area (Å²) in [6, 6.07) is -0.723. The zero-order valence-corrected chi connectivity index (χ0v) is 13.0. The molecule has 0 unspecified atom stereocenters. The van der Waals surface area contributed by atoms with Crippen LogP contribution in [0.4, 0.5) is 0 Å². The minimum atomic E-state index is -3.21. The van der Waals surface area contributed by atoms with Crippen molar-refractivity contribution in [2.75, 3.05) is 25.9 Å². The summed E-state index contributed by atoms with van der Waals surface area (Å²) in [4.78, 5) is 25.3. The number of hydrogen-bond acceptors (Lipinski definition) is 4. The molecule has 0 aromatic carbocycles. The van der Waals surface area contributed by atoms with E-state index in [0.29, 0.717) is 38.9 Å². The molecule has 1 N–H and O–H groups in total. The van der Waals surface area contributed by atoms with Gasteiger partial charge >= 0.3 is 5.97 Å². The van der Waals surface area contributed by atoms with E-state index < -0.39 is 22.0 Å². The predicted molar refractivity (Wildman–Crippen MR) is 76.1 cm³/mol. The van der Waals surface area contributed by atoms with Crippen molar-refractivity contribution < 1.29 is 23.1 Å². The van der Waals surface area contributed by atoms with Crippen molar-refractivity contribution >= 4 is 21.9 Å². The average molecular weight is 318 g/mol. The third kappa shape index (κ3) is 3.74. The molecule has 120 valence electrons. The maximum absolute atomic E-state index is 12.5. The lowest BCUT2D eigenvalue weighted by atomic mass is 9.93. The number of carbonyl (C=O) groups excluding carboxylic acids is 1. The fourth-order valence-corrected chi connectivity index (χ4v) is 4.00. The van der Waals surface area contributed by atoms with Crippen molar-refractivity contribution in [1.29, 1.82) is 0 Å². The minimum Gasteiger partial charge on any atom is -0.480 e. The Morgan fingerprint density at radius 2 is 1.67 bits per heavy atom. The number of rotatable bonds is 3. The Hall–Kier alpha value is -1.15. The molecule has 1 atom stereocenters. The highest BCUT2D eigenvalue weighted by molar-refractivity contribution is 7.88.